The summed E-state index contributed by atoms with van der Waals surface area (Å²) in [6, 6.07) is 0. The lowest BCUT2D eigenvalue weighted by Crippen LogP contribution is -2.14. The lowest BCUT2D eigenvalue weighted by atomic mass is 10.3. The Labute approximate surface area is 58.3 Å². The van der Waals surface area contributed by atoms with Gasteiger partial charge in [-0.1, -0.05) is 6.08 Å². The van der Waals surface area contributed by atoms with Crippen LogP contribution in [0.2, 0.25) is 0 Å². The summed E-state index contributed by atoms with van der Waals surface area (Å²) >= 11 is 0. The second-order valence-corrected chi connectivity index (χ2v) is 1.86. The van der Waals surface area contributed by atoms with Crippen LogP contribution in [0.15, 0.2) is 12.7 Å². The van der Waals surface area contributed by atoms with Gasteiger partial charge in [0.2, 0.25) is 0 Å². The zero-order valence-electron chi connectivity index (χ0n) is 5.49. The van der Waals surface area contributed by atoms with Crippen molar-refractivity contribution in [2.24, 2.45) is 0 Å². The van der Waals surface area contributed by atoms with Crippen molar-refractivity contribution in [1.29, 1.82) is 0 Å². The van der Waals surface area contributed by atoms with Gasteiger partial charge in [-0.15, -0.1) is 11.7 Å². The molecule has 0 bridgehead atoms. The van der Waals surface area contributed by atoms with Crippen LogP contribution in [0.4, 0.5) is 5.82 Å². The molecule has 5 heteroatoms. The SMILES string of the molecule is C=CCc1c(N)nnn1N. The van der Waals surface area contributed by atoms with Crippen LogP contribution >= 0.6 is 0 Å². The van der Waals surface area contributed by atoms with E-state index in [0.717, 1.165) is 4.79 Å². The van der Waals surface area contributed by atoms with E-state index in [-0.39, 0.29) is 0 Å². The van der Waals surface area contributed by atoms with Crippen molar-refractivity contribution in [3.05, 3.63) is 18.3 Å². The van der Waals surface area contributed by atoms with Gasteiger partial charge in [0.25, 0.3) is 0 Å². The van der Waals surface area contributed by atoms with Gasteiger partial charge in [0.1, 0.15) is 5.69 Å². The number of hydrogen-bond acceptors (Lipinski definition) is 4. The molecule has 0 unspecified atom stereocenters. The number of allylic oxidation sites excluding steroid dienone is 1. The fourth-order valence-corrected chi connectivity index (χ4v) is 0.660. The van der Waals surface area contributed by atoms with Gasteiger partial charge in [-0.3, -0.25) is 0 Å². The molecule has 0 saturated heterocycles. The molecule has 0 atom stereocenters. The molecule has 54 valence electrons. The van der Waals surface area contributed by atoms with E-state index >= 15 is 0 Å². The van der Waals surface area contributed by atoms with E-state index in [1.165, 1.54) is 0 Å². The number of nitrogens with two attached hydrogens (primary N) is 2. The van der Waals surface area contributed by atoms with Gasteiger partial charge in [0, 0.05) is 6.42 Å². The van der Waals surface area contributed by atoms with Gasteiger partial charge < -0.3 is 11.6 Å². The largest absolute Gasteiger partial charge is 0.381 e. The molecule has 0 aromatic carbocycles. The quantitative estimate of drug-likeness (QED) is 0.419. The number of nitrogens with zero attached hydrogens (tertiary/aromatic N) is 3. The third-order valence-electron chi connectivity index (χ3n) is 1.16. The highest BCUT2D eigenvalue weighted by atomic mass is 15.6. The first-order valence-electron chi connectivity index (χ1n) is 2.81. The Morgan fingerprint density at radius 3 is 2.80 bits per heavy atom. The Kier molecular flexibility index (Phi) is 1.57. The van der Waals surface area contributed by atoms with Crippen molar-refractivity contribution < 1.29 is 0 Å². The summed E-state index contributed by atoms with van der Waals surface area (Å²) < 4.78 is 0. The minimum absolute atomic E-state index is 0.363. The summed E-state index contributed by atoms with van der Waals surface area (Å²) in [5.74, 6) is 5.71. The van der Waals surface area contributed by atoms with Gasteiger partial charge in [-0.25, -0.2) is 0 Å². The van der Waals surface area contributed by atoms with Crippen molar-refractivity contribution in [2.45, 2.75) is 6.42 Å². The number of hydrogen-bond donors (Lipinski definition) is 2. The van der Waals surface area contributed by atoms with Crippen LogP contribution in [0, 0.1) is 0 Å². The molecule has 0 aliphatic rings. The average molecular weight is 139 g/mol. The summed E-state index contributed by atoms with van der Waals surface area (Å²) in [4.78, 5) is 1.15. The predicted molar refractivity (Wildman–Crippen MR) is 38.5 cm³/mol. The summed E-state index contributed by atoms with van der Waals surface area (Å²) in [5.41, 5.74) is 6.10. The molecule has 1 rings (SSSR count). The van der Waals surface area contributed by atoms with Crippen LogP contribution in [0.3, 0.4) is 0 Å². The molecule has 0 aliphatic heterocycles. The summed E-state index contributed by atoms with van der Waals surface area (Å²) in [6.07, 6.45) is 2.29. The Hall–Kier alpha value is -1.52. The van der Waals surface area contributed by atoms with Crippen molar-refractivity contribution in [3.8, 4) is 0 Å². The first-order valence-corrected chi connectivity index (χ1v) is 2.81. The van der Waals surface area contributed by atoms with Crippen LogP contribution in [-0.4, -0.2) is 15.1 Å². The second kappa shape index (κ2) is 2.38. The molecule has 4 N–H and O–H groups in total. The van der Waals surface area contributed by atoms with Gasteiger partial charge in [0.05, 0.1) is 0 Å². The van der Waals surface area contributed by atoms with Gasteiger partial charge >= 0.3 is 0 Å². The highest BCUT2D eigenvalue weighted by molar-refractivity contribution is 5.33. The van der Waals surface area contributed by atoms with Crippen LogP contribution in [0.5, 0.6) is 0 Å². The maximum absolute atomic E-state index is 5.41. The monoisotopic (exact) mass is 139 g/mol. The van der Waals surface area contributed by atoms with Gasteiger partial charge in [0.15, 0.2) is 5.82 Å². The topological polar surface area (TPSA) is 82.8 Å². The standard InChI is InChI=1S/C5H9N5/c1-2-3-4-5(6)8-9-10(4)7/h2H,1,3,6-7H2. The smallest absolute Gasteiger partial charge is 0.171 e. The Morgan fingerprint density at radius 2 is 2.40 bits per heavy atom. The predicted octanol–water partition coefficient (Wildman–Crippen LogP) is -0.697. The number of anilines is 1. The van der Waals surface area contributed by atoms with Crippen molar-refractivity contribution in [3.63, 3.8) is 0 Å². The average Bonchev–Trinajstić information content (AvgIpc) is 2.20. The normalized spacial score (nSPS) is 9.60. The van der Waals surface area contributed by atoms with E-state index in [9.17, 15) is 0 Å². The van der Waals surface area contributed by atoms with Crippen LogP contribution < -0.4 is 11.6 Å². The van der Waals surface area contributed by atoms with Crippen LogP contribution in [0.1, 0.15) is 5.69 Å². The fourth-order valence-electron chi connectivity index (χ4n) is 0.660. The summed E-state index contributed by atoms with van der Waals surface area (Å²) in [7, 11) is 0. The minimum atomic E-state index is 0.363. The Bertz CT molecular complexity index is 219. The first-order chi connectivity index (χ1) is 4.75. The number of rotatable bonds is 2. The van der Waals surface area contributed by atoms with Gasteiger partial charge in [-0.05, 0) is 5.21 Å². The van der Waals surface area contributed by atoms with E-state index < -0.39 is 0 Å². The molecule has 1 aromatic rings. The molecular formula is C5H9N5. The van der Waals surface area contributed by atoms with Gasteiger partial charge in [-0.2, -0.15) is 4.79 Å². The van der Waals surface area contributed by atoms with Crippen molar-refractivity contribution in [2.75, 3.05) is 11.6 Å². The molecule has 1 aromatic heterocycles. The lowest BCUT2D eigenvalue weighted by molar-refractivity contribution is 0.737. The van der Waals surface area contributed by atoms with Crippen molar-refractivity contribution in [1.82, 2.24) is 15.1 Å². The zero-order valence-corrected chi connectivity index (χ0v) is 5.49. The molecule has 0 saturated carbocycles. The Balaban J connectivity index is 2.97. The first kappa shape index (κ1) is 6.60. The number of nitrogen functional groups attached to an aromatic ring is 2. The molecule has 5 nitrogen and oxygen atoms in total. The highest BCUT2D eigenvalue weighted by Crippen LogP contribution is 2.04. The Morgan fingerprint density at radius 1 is 1.70 bits per heavy atom. The van der Waals surface area contributed by atoms with Crippen LogP contribution in [-0.2, 0) is 6.42 Å². The maximum atomic E-state index is 5.41. The third-order valence-corrected chi connectivity index (χ3v) is 1.16. The van der Waals surface area contributed by atoms with E-state index in [0.29, 0.717) is 17.9 Å². The minimum Gasteiger partial charge on any atom is -0.381 e. The molecule has 10 heavy (non-hydrogen) atoms. The van der Waals surface area contributed by atoms with E-state index in [2.05, 4.69) is 16.9 Å². The van der Waals surface area contributed by atoms with E-state index in [4.69, 9.17) is 11.6 Å². The molecular weight excluding hydrogens is 130 g/mol. The highest BCUT2D eigenvalue weighted by Gasteiger charge is 2.03. The molecule has 0 fully saturated rings. The molecule has 0 amide bonds. The number of aromatic nitrogens is 3. The zero-order chi connectivity index (χ0) is 7.56. The van der Waals surface area contributed by atoms with Crippen LogP contribution in [0.25, 0.3) is 0 Å². The molecule has 0 radical (unpaired) electrons. The fraction of sp³-hybridized carbons (Fsp3) is 0.200. The van der Waals surface area contributed by atoms with Crippen molar-refractivity contribution >= 4 is 5.82 Å². The summed E-state index contributed by atoms with van der Waals surface area (Å²) in [6.45, 7) is 3.54. The van der Waals surface area contributed by atoms with E-state index in [1.807, 2.05) is 0 Å². The molecule has 1 heterocycles. The summed E-state index contributed by atoms with van der Waals surface area (Å²) in [5, 5.41) is 7.06. The lowest BCUT2D eigenvalue weighted by Gasteiger charge is -1.94. The second-order valence-electron chi connectivity index (χ2n) is 1.86. The molecule has 0 aliphatic carbocycles. The maximum Gasteiger partial charge on any atom is 0.171 e. The third kappa shape index (κ3) is 0.928. The van der Waals surface area contributed by atoms with E-state index in [1.54, 1.807) is 6.08 Å². The molecule has 0 spiro atoms.